The average Bonchev–Trinajstić information content (AvgIpc) is 2.74. The van der Waals surface area contributed by atoms with Crippen LogP contribution in [-0.2, 0) is 14.8 Å². The fraction of sp³-hybridized carbons (Fsp3) is 0.0909. The molecule has 6 nitrogen and oxygen atoms in total. The number of carbonyl (C=O) groups excluding carboxylic acids is 1. The lowest BCUT2D eigenvalue weighted by atomic mass is 10.2. The van der Waals surface area contributed by atoms with Crippen LogP contribution in [-0.4, -0.2) is 27.1 Å². The van der Waals surface area contributed by atoms with Crippen molar-refractivity contribution >= 4 is 27.8 Å². The first-order chi connectivity index (χ1) is 14.0. The number of hydrogen-bond donors (Lipinski definition) is 1. The van der Waals surface area contributed by atoms with Crippen LogP contribution >= 0.6 is 0 Å². The summed E-state index contributed by atoms with van der Waals surface area (Å²) in [6, 6.07) is 24.3. The number of benzene rings is 3. The molecule has 0 heterocycles. The van der Waals surface area contributed by atoms with Gasteiger partial charge in [0.1, 0.15) is 6.54 Å². The minimum atomic E-state index is -3.93. The SMILES string of the molecule is Cc1ccccc1N(CC(=O)N/N=C\c1ccccc1)S(=O)(=O)c1ccccc1. The van der Waals surface area contributed by atoms with Crippen LogP contribution in [0, 0.1) is 6.92 Å². The first-order valence-corrected chi connectivity index (χ1v) is 10.4. The van der Waals surface area contributed by atoms with E-state index in [1.165, 1.54) is 18.3 Å². The van der Waals surface area contributed by atoms with Crippen LogP contribution < -0.4 is 9.73 Å². The Hall–Kier alpha value is -3.45. The van der Waals surface area contributed by atoms with E-state index < -0.39 is 22.5 Å². The van der Waals surface area contributed by atoms with Gasteiger partial charge in [0.05, 0.1) is 16.8 Å². The van der Waals surface area contributed by atoms with Crippen LogP contribution in [0.25, 0.3) is 0 Å². The van der Waals surface area contributed by atoms with Gasteiger partial charge in [-0.25, -0.2) is 13.8 Å². The van der Waals surface area contributed by atoms with Gasteiger partial charge in [-0.3, -0.25) is 9.10 Å². The van der Waals surface area contributed by atoms with Gasteiger partial charge in [-0.15, -0.1) is 0 Å². The number of hydrazone groups is 1. The zero-order valence-electron chi connectivity index (χ0n) is 15.9. The van der Waals surface area contributed by atoms with Crippen LogP contribution in [0.15, 0.2) is 94.9 Å². The van der Waals surface area contributed by atoms with Crippen molar-refractivity contribution in [2.24, 2.45) is 5.10 Å². The molecule has 0 aliphatic carbocycles. The molecule has 0 unspecified atom stereocenters. The number of nitrogens with zero attached hydrogens (tertiary/aromatic N) is 2. The first-order valence-electron chi connectivity index (χ1n) is 8.99. The predicted octanol–water partition coefficient (Wildman–Crippen LogP) is 3.34. The van der Waals surface area contributed by atoms with Crippen molar-refractivity contribution in [1.29, 1.82) is 0 Å². The summed E-state index contributed by atoms with van der Waals surface area (Å²) >= 11 is 0. The molecule has 0 bridgehead atoms. The molecule has 0 radical (unpaired) electrons. The van der Waals surface area contributed by atoms with Gasteiger partial charge in [0.25, 0.3) is 15.9 Å². The van der Waals surface area contributed by atoms with Gasteiger partial charge in [0.2, 0.25) is 0 Å². The van der Waals surface area contributed by atoms with E-state index >= 15 is 0 Å². The molecule has 148 valence electrons. The fourth-order valence-corrected chi connectivity index (χ4v) is 4.25. The van der Waals surface area contributed by atoms with Gasteiger partial charge in [-0.05, 0) is 36.2 Å². The molecule has 3 aromatic carbocycles. The maximum atomic E-state index is 13.2. The molecule has 3 aromatic rings. The van der Waals surface area contributed by atoms with Gasteiger partial charge >= 0.3 is 0 Å². The number of hydrogen-bond acceptors (Lipinski definition) is 4. The molecule has 7 heteroatoms. The second kappa shape index (κ2) is 9.16. The second-order valence-corrected chi connectivity index (χ2v) is 8.18. The van der Waals surface area contributed by atoms with E-state index in [1.807, 2.05) is 36.4 Å². The van der Waals surface area contributed by atoms with Gasteiger partial charge in [0.15, 0.2) is 0 Å². The third kappa shape index (κ3) is 5.08. The van der Waals surface area contributed by atoms with Crippen molar-refractivity contribution in [1.82, 2.24) is 5.43 Å². The molecule has 1 N–H and O–H groups in total. The lowest BCUT2D eigenvalue weighted by molar-refractivity contribution is -0.119. The van der Waals surface area contributed by atoms with E-state index in [2.05, 4.69) is 10.5 Å². The summed E-state index contributed by atoms with van der Waals surface area (Å²) in [5, 5.41) is 3.92. The first kappa shape index (κ1) is 20.3. The highest BCUT2D eigenvalue weighted by molar-refractivity contribution is 7.92. The molecule has 0 saturated heterocycles. The van der Waals surface area contributed by atoms with Crippen molar-refractivity contribution in [3.63, 3.8) is 0 Å². The van der Waals surface area contributed by atoms with Crippen LogP contribution in [0.2, 0.25) is 0 Å². The Morgan fingerprint density at radius 3 is 2.17 bits per heavy atom. The van der Waals surface area contributed by atoms with Crippen LogP contribution in [0.5, 0.6) is 0 Å². The Balaban J connectivity index is 1.85. The van der Waals surface area contributed by atoms with Crippen molar-refractivity contribution in [3.8, 4) is 0 Å². The second-order valence-electron chi connectivity index (χ2n) is 6.32. The summed E-state index contributed by atoms with van der Waals surface area (Å²) in [6.45, 7) is 1.41. The molecule has 29 heavy (non-hydrogen) atoms. The molecular weight excluding hydrogens is 386 g/mol. The minimum absolute atomic E-state index is 0.115. The average molecular weight is 407 g/mol. The maximum absolute atomic E-state index is 13.2. The summed E-state index contributed by atoms with van der Waals surface area (Å²) in [4.78, 5) is 12.6. The standard InChI is InChI=1S/C22H21N3O3S/c1-18-10-8-9-15-21(18)25(29(27,28)20-13-6-3-7-14-20)17-22(26)24-23-16-19-11-4-2-5-12-19/h2-16H,17H2,1H3,(H,24,26)/b23-16-. The van der Waals surface area contributed by atoms with E-state index in [0.29, 0.717) is 5.69 Å². The topological polar surface area (TPSA) is 78.8 Å². The van der Waals surface area contributed by atoms with E-state index in [-0.39, 0.29) is 4.90 Å². The molecule has 0 saturated carbocycles. The summed E-state index contributed by atoms with van der Waals surface area (Å²) in [7, 11) is -3.93. The molecule has 0 aliphatic heterocycles. The molecule has 0 spiro atoms. The number of carbonyl (C=O) groups is 1. The number of aryl methyl sites for hydroxylation is 1. The van der Waals surface area contributed by atoms with Crippen molar-refractivity contribution in [2.75, 3.05) is 10.8 Å². The zero-order valence-corrected chi connectivity index (χ0v) is 16.7. The van der Waals surface area contributed by atoms with E-state index in [9.17, 15) is 13.2 Å². The number of sulfonamides is 1. The molecule has 3 rings (SSSR count). The Morgan fingerprint density at radius 1 is 0.931 bits per heavy atom. The Kier molecular flexibility index (Phi) is 6.41. The monoisotopic (exact) mass is 407 g/mol. The van der Waals surface area contributed by atoms with Gasteiger partial charge < -0.3 is 0 Å². The van der Waals surface area contributed by atoms with Crippen molar-refractivity contribution < 1.29 is 13.2 Å². The number of rotatable bonds is 7. The molecule has 0 aromatic heterocycles. The molecular formula is C22H21N3O3S. The Bertz CT molecular complexity index is 1100. The minimum Gasteiger partial charge on any atom is -0.271 e. The Labute approximate surface area is 170 Å². The summed E-state index contributed by atoms with van der Waals surface area (Å²) in [5.41, 5.74) is 4.40. The molecule has 0 fully saturated rings. The predicted molar refractivity (Wildman–Crippen MR) is 114 cm³/mol. The van der Waals surface area contributed by atoms with Crippen LogP contribution in [0.4, 0.5) is 5.69 Å². The molecule has 0 atom stereocenters. The van der Waals surface area contributed by atoms with Gasteiger partial charge in [-0.2, -0.15) is 5.10 Å². The van der Waals surface area contributed by atoms with E-state index in [4.69, 9.17) is 0 Å². The highest BCUT2D eigenvalue weighted by atomic mass is 32.2. The van der Waals surface area contributed by atoms with E-state index in [0.717, 1.165) is 15.4 Å². The third-order valence-electron chi connectivity index (χ3n) is 4.21. The normalized spacial score (nSPS) is 11.3. The highest BCUT2D eigenvalue weighted by Crippen LogP contribution is 2.26. The van der Waals surface area contributed by atoms with Gasteiger partial charge in [0, 0.05) is 0 Å². The number of para-hydroxylation sites is 1. The quantitative estimate of drug-likeness (QED) is 0.482. The number of anilines is 1. The highest BCUT2D eigenvalue weighted by Gasteiger charge is 2.27. The number of nitrogens with one attached hydrogen (secondary N) is 1. The fourth-order valence-electron chi connectivity index (χ4n) is 2.75. The largest absolute Gasteiger partial charge is 0.271 e. The summed E-state index contributed by atoms with van der Waals surface area (Å²) in [5.74, 6) is -0.542. The van der Waals surface area contributed by atoms with E-state index in [1.54, 1.807) is 43.3 Å². The summed E-state index contributed by atoms with van der Waals surface area (Å²) < 4.78 is 27.5. The number of amides is 1. The zero-order chi connectivity index (χ0) is 20.7. The van der Waals surface area contributed by atoms with Crippen molar-refractivity contribution in [2.45, 2.75) is 11.8 Å². The maximum Gasteiger partial charge on any atom is 0.264 e. The molecule has 0 aliphatic rings. The van der Waals surface area contributed by atoms with Gasteiger partial charge in [-0.1, -0.05) is 66.7 Å². The third-order valence-corrected chi connectivity index (χ3v) is 5.98. The van der Waals surface area contributed by atoms with Crippen LogP contribution in [0.1, 0.15) is 11.1 Å². The van der Waals surface area contributed by atoms with Crippen molar-refractivity contribution in [3.05, 3.63) is 96.1 Å². The lowest BCUT2D eigenvalue weighted by Crippen LogP contribution is -2.40. The summed E-state index contributed by atoms with van der Waals surface area (Å²) in [6.07, 6.45) is 1.50. The smallest absolute Gasteiger partial charge is 0.264 e. The van der Waals surface area contributed by atoms with Crippen LogP contribution in [0.3, 0.4) is 0 Å². The lowest BCUT2D eigenvalue weighted by Gasteiger charge is -2.25. The Morgan fingerprint density at radius 2 is 1.52 bits per heavy atom. The molecule has 1 amide bonds.